The van der Waals surface area contributed by atoms with Gasteiger partial charge < -0.3 is 9.72 Å². The Morgan fingerprint density at radius 1 is 1.43 bits per heavy atom. The van der Waals surface area contributed by atoms with Crippen LogP contribution in [-0.4, -0.2) is 36.6 Å². The van der Waals surface area contributed by atoms with Crippen LogP contribution in [0.4, 0.5) is 0 Å². The lowest BCUT2D eigenvalue weighted by atomic mass is 9.94. The number of ether oxygens (including phenoxy) is 1. The standard InChI is InChI=1S/C17H22N2O2/c1-11(17(20)21-3)15-12-7-4-5-8-13(12)18-16(15)14-9-6-10-19(14)2/h4-5,7-8,11,14,18H,6,9-10H2,1-3H3. The number of hydrogen-bond acceptors (Lipinski definition) is 3. The van der Waals surface area contributed by atoms with Crippen LogP contribution in [0.2, 0.25) is 0 Å². The number of aromatic amines is 1. The second-order valence-electron chi connectivity index (χ2n) is 5.88. The molecule has 0 radical (unpaired) electrons. The van der Waals surface area contributed by atoms with Crippen LogP contribution in [0.15, 0.2) is 24.3 Å². The van der Waals surface area contributed by atoms with E-state index >= 15 is 0 Å². The van der Waals surface area contributed by atoms with E-state index in [9.17, 15) is 4.79 Å². The van der Waals surface area contributed by atoms with Crippen molar-refractivity contribution in [2.75, 3.05) is 20.7 Å². The van der Waals surface area contributed by atoms with E-state index in [1.807, 2.05) is 19.1 Å². The predicted molar refractivity (Wildman–Crippen MR) is 83.3 cm³/mol. The number of nitrogens with one attached hydrogen (secondary N) is 1. The van der Waals surface area contributed by atoms with Crippen LogP contribution in [0.25, 0.3) is 10.9 Å². The molecule has 1 saturated heterocycles. The summed E-state index contributed by atoms with van der Waals surface area (Å²) in [7, 11) is 3.60. The molecule has 4 heteroatoms. The van der Waals surface area contributed by atoms with Crippen LogP contribution >= 0.6 is 0 Å². The van der Waals surface area contributed by atoms with Gasteiger partial charge in [-0.25, -0.2) is 0 Å². The Kier molecular flexibility index (Phi) is 3.72. The maximum absolute atomic E-state index is 12.1. The molecule has 1 aliphatic rings. The quantitative estimate of drug-likeness (QED) is 0.881. The van der Waals surface area contributed by atoms with E-state index in [4.69, 9.17) is 4.74 Å². The number of aromatic nitrogens is 1. The maximum atomic E-state index is 12.1. The van der Waals surface area contributed by atoms with Gasteiger partial charge in [0.1, 0.15) is 0 Å². The van der Waals surface area contributed by atoms with Gasteiger partial charge in [-0.05, 0) is 45.0 Å². The Morgan fingerprint density at radius 2 is 2.19 bits per heavy atom. The fourth-order valence-corrected chi connectivity index (χ4v) is 3.48. The maximum Gasteiger partial charge on any atom is 0.312 e. The molecule has 0 aliphatic carbocycles. The van der Waals surface area contributed by atoms with Crippen LogP contribution in [-0.2, 0) is 9.53 Å². The third kappa shape index (κ3) is 2.33. The van der Waals surface area contributed by atoms with Gasteiger partial charge in [-0.3, -0.25) is 9.69 Å². The summed E-state index contributed by atoms with van der Waals surface area (Å²) >= 11 is 0. The Morgan fingerprint density at radius 3 is 2.86 bits per heavy atom. The molecule has 0 spiro atoms. The molecule has 3 rings (SSSR count). The van der Waals surface area contributed by atoms with Gasteiger partial charge in [0, 0.05) is 22.6 Å². The van der Waals surface area contributed by atoms with Gasteiger partial charge in [0.05, 0.1) is 13.0 Å². The molecule has 1 N–H and O–H groups in total. The largest absolute Gasteiger partial charge is 0.469 e. The van der Waals surface area contributed by atoms with Gasteiger partial charge in [0.25, 0.3) is 0 Å². The van der Waals surface area contributed by atoms with Crippen molar-refractivity contribution < 1.29 is 9.53 Å². The van der Waals surface area contributed by atoms with E-state index in [1.165, 1.54) is 19.2 Å². The number of likely N-dealkylation sites (tertiary alicyclic amines) is 1. The summed E-state index contributed by atoms with van der Waals surface area (Å²) in [4.78, 5) is 18.0. The molecule has 2 atom stereocenters. The second-order valence-corrected chi connectivity index (χ2v) is 5.88. The highest BCUT2D eigenvalue weighted by molar-refractivity contribution is 5.91. The summed E-state index contributed by atoms with van der Waals surface area (Å²) in [6.45, 7) is 3.03. The number of para-hydroxylation sites is 1. The van der Waals surface area contributed by atoms with Crippen molar-refractivity contribution in [2.45, 2.75) is 31.7 Å². The lowest BCUT2D eigenvalue weighted by Crippen LogP contribution is -2.21. The second kappa shape index (κ2) is 5.53. The lowest BCUT2D eigenvalue weighted by Gasteiger charge is -2.21. The summed E-state index contributed by atoms with van der Waals surface area (Å²) in [5.41, 5.74) is 3.36. The lowest BCUT2D eigenvalue weighted by molar-refractivity contribution is -0.141. The van der Waals surface area contributed by atoms with Crippen molar-refractivity contribution >= 4 is 16.9 Å². The van der Waals surface area contributed by atoms with Crippen LogP contribution in [0.1, 0.15) is 43.0 Å². The predicted octanol–water partition coefficient (Wildman–Crippen LogP) is 3.21. The molecule has 0 saturated carbocycles. The monoisotopic (exact) mass is 286 g/mol. The van der Waals surface area contributed by atoms with E-state index < -0.39 is 0 Å². The SMILES string of the molecule is COC(=O)C(C)c1c(C2CCCN2C)[nH]c2ccccc12. The first-order chi connectivity index (χ1) is 10.1. The molecule has 2 aromatic rings. The number of H-pyrrole nitrogens is 1. The summed E-state index contributed by atoms with van der Waals surface area (Å²) < 4.78 is 4.96. The highest BCUT2D eigenvalue weighted by Gasteiger charge is 2.31. The molecule has 2 heterocycles. The number of carbonyl (C=O) groups excluding carboxylic acids is 1. The van der Waals surface area contributed by atoms with E-state index in [0.717, 1.165) is 29.4 Å². The van der Waals surface area contributed by atoms with Crippen molar-refractivity contribution in [3.63, 3.8) is 0 Å². The van der Waals surface area contributed by atoms with Crippen LogP contribution in [0.3, 0.4) is 0 Å². The number of fused-ring (bicyclic) bond motifs is 1. The Balaban J connectivity index is 2.16. The van der Waals surface area contributed by atoms with Crippen LogP contribution in [0, 0.1) is 0 Å². The zero-order valence-corrected chi connectivity index (χ0v) is 12.8. The number of hydrogen-bond donors (Lipinski definition) is 1. The van der Waals surface area contributed by atoms with Crippen molar-refractivity contribution in [1.82, 2.24) is 9.88 Å². The molecular formula is C17H22N2O2. The van der Waals surface area contributed by atoms with Crippen molar-refractivity contribution in [3.8, 4) is 0 Å². The number of benzene rings is 1. The third-order valence-electron chi connectivity index (χ3n) is 4.62. The average Bonchev–Trinajstić information content (AvgIpc) is 3.08. The minimum atomic E-state index is -0.254. The molecule has 2 unspecified atom stereocenters. The highest BCUT2D eigenvalue weighted by atomic mass is 16.5. The fraction of sp³-hybridized carbons (Fsp3) is 0.471. The van der Waals surface area contributed by atoms with Crippen LogP contribution < -0.4 is 0 Å². The van der Waals surface area contributed by atoms with Gasteiger partial charge in [0.15, 0.2) is 0 Å². The van der Waals surface area contributed by atoms with E-state index in [-0.39, 0.29) is 11.9 Å². The molecule has 112 valence electrons. The van der Waals surface area contributed by atoms with Crippen molar-refractivity contribution in [3.05, 3.63) is 35.5 Å². The Hall–Kier alpha value is -1.81. The first-order valence-electron chi connectivity index (χ1n) is 7.52. The van der Waals surface area contributed by atoms with Gasteiger partial charge in [-0.15, -0.1) is 0 Å². The summed E-state index contributed by atoms with van der Waals surface area (Å²) in [6.07, 6.45) is 2.33. The highest BCUT2D eigenvalue weighted by Crippen LogP contribution is 2.39. The molecule has 1 aromatic carbocycles. The summed E-state index contributed by atoms with van der Waals surface area (Å²) in [5.74, 6) is -0.434. The molecule has 1 aliphatic heterocycles. The van der Waals surface area contributed by atoms with Gasteiger partial charge in [-0.2, -0.15) is 0 Å². The molecular weight excluding hydrogens is 264 g/mol. The van der Waals surface area contributed by atoms with Crippen molar-refractivity contribution in [1.29, 1.82) is 0 Å². The minimum Gasteiger partial charge on any atom is -0.469 e. The molecule has 1 aromatic heterocycles. The normalized spacial score (nSPS) is 20.8. The minimum absolute atomic E-state index is 0.179. The number of nitrogens with zero attached hydrogens (tertiary/aromatic N) is 1. The average molecular weight is 286 g/mol. The van der Waals surface area contributed by atoms with E-state index in [0.29, 0.717) is 6.04 Å². The molecule has 1 fully saturated rings. The summed E-state index contributed by atoms with van der Waals surface area (Å²) in [5, 5.41) is 1.13. The van der Waals surface area contributed by atoms with Crippen LogP contribution in [0.5, 0.6) is 0 Å². The van der Waals surface area contributed by atoms with E-state index in [2.05, 4.69) is 29.1 Å². The Labute approximate surface area is 125 Å². The zero-order valence-electron chi connectivity index (χ0n) is 12.8. The number of carbonyl (C=O) groups is 1. The van der Waals surface area contributed by atoms with Gasteiger partial charge in [-0.1, -0.05) is 18.2 Å². The number of rotatable bonds is 3. The zero-order chi connectivity index (χ0) is 15.0. The molecule has 0 bridgehead atoms. The summed E-state index contributed by atoms with van der Waals surface area (Å²) in [6, 6.07) is 8.55. The van der Waals surface area contributed by atoms with Gasteiger partial charge >= 0.3 is 5.97 Å². The third-order valence-corrected chi connectivity index (χ3v) is 4.62. The first kappa shape index (κ1) is 14.1. The molecule has 21 heavy (non-hydrogen) atoms. The van der Waals surface area contributed by atoms with Gasteiger partial charge in [0.2, 0.25) is 0 Å². The number of esters is 1. The Bertz CT molecular complexity index is 662. The molecule has 0 amide bonds. The fourth-order valence-electron chi connectivity index (χ4n) is 3.48. The molecule has 4 nitrogen and oxygen atoms in total. The topological polar surface area (TPSA) is 45.3 Å². The number of methoxy groups -OCH3 is 1. The van der Waals surface area contributed by atoms with E-state index in [1.54, 1.807) is 0 Å². The first-order valence-corrected chi connectivity index (χ1v) is 7.52. The van der Waals surface area contributed by atoms with Crippen molar-refractivity contribution in [2.24, 2.45) is 0 Å². The smallest absolute Gasteiger partial charge is 0.312 e.